The second kappa shape index (κ2) is 21.2. The summed E-state index contributed by atoms with van der Waals surface area (Å²) in [5.41, 5.74) is 1.10. The number of ether oxygens (including phenoxy) is 1. The maximum Gasteiger partial charge on any atom is 0.306 e. The van der Waals surface area contributed by atoms with Gasteiger partial charge in [-0.05, 0) is 63.1 Å². The number of hydrogen-bond donors (Lipinski definition) is 3. The van der Waals surface area contributed by atoms with Gasteiger partial charge in [0.05, 0.1) is 12.0 Å². The number of carboxylic acids is 1. The van der Waals surface area contributed by atoms with E-state index in [1.807, 2.05) is 76.9 Å². The second-order valence-electron chi connectivity index (χ2n) is 14.9. The summed E-state index contributed by atoms with van der Waals surface area (Å²) in [6.07, 6.45) is 4.25. The van der Waals surface area contributed by atoms with Crippen LogP contribution in [-0.4, -0.2) is 93.9 Å². The van der Waals surface area contributed by atoms with Crippen molar-refractivity contribution in [2.24, 2.45) is 17.8 Å². The summed E-state index contributed by atoms with van der Waals surface area (Å²) < 4.78 is 5.84. The Hall–Kier alpha value is -3.84. The minimum atomic E-state index is -0.942. The summed E-state index contributed by atoms with van der Waals surface area (Å²) in [5, 5.41) is 17.7. The Morgan fingerprint density at radius 3 is 2.32 bits per heavy atom. The van der Waals surface area contributed by atoms with Gasteiger partial charge in [-0.3, -0.25) is 28.9 Å². The number of aliphatic carboxylic acids is 1. The molecule has 3 N–H and O–H groups in total. The van der Waals surface area contributed by atoms with Crippen LogP contribution >= 0.6 is 11.3 Å². The van der Waals surface area contributed by atoms with E-state index < -0.39 is 42.0 Å². The zero-order valence-electron chi connectivity index (χ0n) is 32.8. The molecule has 0 radical (unpaired) electrons. The maximum atomic E-state index is 14.6. The summed E-state index contributed by atoms with van der Waals surface area (Å²) >= 11 is 1.20. The molecule has 0 unspecified atom stereocenters. The van der Waals surface area contributed by atoms with E-state index in [9.17, 15) is 29.1 Å². The van der Waals surface area contributed by atoms with Gasteiger partial charge in [0.25, 0.3) is 5.91 Å². The van der Waals surface area contributed by atoms with Crippen molar-refractivity contribution in [1.82, 2.24) is 25.4 Å². The summed E-state index contributed by atoms with van der Waals surface area (Å²) in [6.45, 7) is 14.3. The first-order valence-corrected chi connectivity index (χ1v) is 20.1. The molecule has 294 valence electrons. The zero-order valence-corrected chi connectivity index (χ0v) is 33.6. The molecule has 0 saturated carbocycles. The molecule has 1 aliphatic rings. The van der Waals surface area contributed by atoms with Crippen LogP contribution in [0.2, 0.25) is 0 Å². The lowest BCUT2D eigenvalue weighted by Gasteiger charge is -2.40. The predicted octanol–water partition coefficient (Wildman–Crippen LogP) is 5.87. The molecule has 53 heavy (non-hydrogen) atoms. The van der Waals surface area contributed by atoms with Crippen molar-refractivity contribution in [3.63, 3.8) is 0 Å². The first kappa shape index (κ1) is 43.6. The number of likely N-dealkylation sites (N-methyl/N-ethyl adjacent to an activating group) is 1. The van der Waals surface area contributed by atoms with Crippen LogP contribution in [0.25, 0.3) is 0 Å². The highest BCUT2D eigenvalue weighted by molar-refractivity contribution is 7.09. The summed E-state index contributed by atoms with van der Waals surface area (Å²) in [5.74, 6) is -3.02. The number of esters is 1. The van der Waals surface area contributed by atoms with Gasteiger partial charge in [-0.2, -0.15) is 0 Å². The first-order chi connectivity index (χ1) is 25.2. The highest BCUT2D eigenvalue weighted by atomic mass is 32.1. The SMILES string of the molecule is CCCN(C(=O)[C@@H](NC(=O)[C@H]1CCCCN1C)[C@@H](C)CC)[C@H](C[C@@H](OC(C)=O)c1nc(C(=O)N[C@@H](Cc2ccccc2)C[C@H](C)C(=O)O)cs1)C(C)C. The average Bonchev–Trinajstić information content (AvgIpc) is 3.62. The molecular weight excluding hydrogens is 695 g/mol. The Labute approximate surface area is 319 Å². The summed E-state index contributed by atoms with van der Waals surface area (Å²) in [4.78, 5) is 74.3. The summed E-state index contributed by atoms with van der Waals surface area (Å²) in [7, 11) is 1.95. The molecule has 0 bridgehead atoms. The predicted molar refractivity (Wildman–Crippen MR) is 206 cm³/mol. The van der Waals surface area contributed by atoms with Crippen molar-refractivity contribution in [2.75, 3.05) is 20.1 Å². The van der Waals surface area contributed by atoms with Crippen LogP contribution in [0.3, 0.4) is 0 Å². The number of carbonyl (C=O) groups excluding carboxylic acids is 4. The molecule has 2 heterocycles. The Kier molecular flexibility index (Phi) is 17.4. The number of nitrogens with one attached hydrogen (secondary N) is 2. The Morgan fingerprint density at radius 2 is 1.74 bits per heavy atom. The number of likely N-dealkylation sites (tertiary alicyclic amines) is 1. The van der Waals surface area contributed by atoms with Gasteiger partial charge >= 0.3 is 11.9 Å². The third-order valence-corrected chi connectivity index (χ3v) is 11.2. The molecule has 3 amide bonds. The van der Waals surface area contributed by atoms with Crippen molar-refractivity contribution >= 4 is 41.0 Å². The molecule has 1 fully saturated rings. The monoisotopic (exact) mass is 755 g/mol. The molecule has 3 rings (SSSR count). The normalized spacial score (nSPS) is 18.2. The van der Waals surface area contributed by atoms with Crippen LogP contribution in [0, 0.1) is 17.8 Å². The Morgan fingerprint density at radius 1 is 1.04 bits per heavy atom. The average molecular weight is 756 g/mol. The highest BCUT2D eigenvalue weighted by Crippen LogP contribution is 2.32. The van der Waals surface area contributed by atoms with E-state index in [2.05, 4.69) is 20.5 Å². The van der Waals surface area contributed by atoms with Gasteiger partial charge in [0.15, 0.2) is 6.10 Å². The minimum absolute atomic E-state index is 0.0426. The lowest BCUT2D eigenvalue weighted by Crippen LogP contribution is -2.58. The van der Waals surface area contributed by atoms with Crippen molar-refractivity contribution < 1.29 is 33.8 Å². The summed E-state index contributed by atoms with van der Waals surface area (Å²) in [6, 6.07) is 7.73. The molecule has 0 aliphatic carbocycles. The number of nitrogens with zero attached hydrogens (tertiary/aromatic N) is 3. The van der Waals surface area contributed by atoms with Crippen molar-refractivity contribution in [3.05, 3.63) is 52.0 Å². The van der Waals surface area contributed by atoms with Crippen LogP contribution in [0.15, 0.2) is 35.7 Å². The van der Waals surface area contributed by atoms with Crippen LogP contribution in [0.4, 0.5) is 0 Å². The fourth-order valence-electron chi connectivity index (χ4n) is 6.99. The molecule has 1 aliphatic heterocycles. The molecule has 13 heteroatoms. The van der Waals surface area contributed by atoms with Crippen LogP contribution < -0.4 is 10.6 Å². The van der Waals surface area contributed by atoms with E-state index >= 15 is 0 Å². The quantitative estimate of drug-likeness (QED) is 0.141. The van der Waals surface area contributed by atoms with Crippen LogP contribution in [-0.2, 0) is 30.3 Å². The topological polar surface area (TPSA) is 158 Å². The molecule has 12 nitrogen and oxygen atoms in total. The third kappa shape index (κ3) is 12.9. The van der Waals surface area contributed by atoms with Gasteiger partial charge in [-0.15, -0.1) is 11.3 Å². The fourth-order valence-corrected chi connectivity index (χ4v) is 7.83. The Bertz CT molecular complexity index is 1500. The smallest absolute Gasteiger partial charge is 0.306 e. The van der Waals surface area contributed by atoms with Gasteiger partial charge in [0.1, 0.15) is 16.7 Å². The van der Waals surface area contributed by atoms with Crippen molar-refractivity contribution in [1.29, 1.82) is 0 Å². The minimum Gasteiger partial charge on any atom is -0.481 e. The number of hydrogen-bond acceptors (Lipinski definition) is 9. The van der Waals surface area contributed by atoms with E-state index in [1.165, 1.54) is 18.3 Å². The molecule has 0 spiro atoms. The van der Waals surface area contributed by atoms with Crippen molar-refractivity contribution in [3.8, 4) is 0 Å². The number of amides is 3. The van der Waals surface area contributed by atoms with Gasteiger partial charge < -0.3 is 25.4 Å². The van der Waals surface area contributed by atoms with Gasteiger partial charge in [0, 0.05) is 37.4 Å². The molecule has 1 saturated heterocycles. The molecule has 1 aromatic carbocycles. The number of benzene rings is 1. The molecule has 1 aromatic heterocycles. The lowest BCUT2D eigenvalue weighted by molar-refractivity contribution is -0.150. The maximum absolute atomic E-state index is 14.6. The highest BCUT2D eigenvalue weighted by Gasteiger charge is 2.38. The number of carbonyl (C=O) groups is 5. The van der Waals surface area contributed by atoms with E-state index in [0.717, 1.165) is 31.4 Å². The molecule has 2 aromatic rings. The number of rotatable bonds is 20. The number of thiazole rings is 1. The molecule has 7 atom stereocenters. The van der Waals surface area contributed by atoms with Crippen molar-refractivity contribution in [2.45, 2.75) is 130 Å². The standard InChI is InChI=1S/C40H61N5O7S/c1-9-19-45(39(49)35(26(5)10-2)43-37(48)32-18-14-15-20-44(32)8)33(25(3)4)23-34(52-28(7)46)38-42-31(24-53-38)36(47)41-30(21-27(6)40(50)51)22-29-16-12-11-13-17-29/h11-13,16-17,24-27,30,32-35H,9-10,14-15,18-23H2,1-8H3,(H,41,47)(H,43,48)(H,50,51)/t26-,27-,30+,32+,33+,34+,35-/m0/s1. The van der Waals surface area contributed by atoms with E-state index in [4.69, 9.17) is 4.74 Å². The molecular formula is C40H61N5O7S. The van der Waals surface area contributed by atoms with Gasteiger partial charge in [-0.25, -0.2) is 4.98 Å². The Balaban J connectivity index is 1.87. The number of piperidine rings is 1. The van der Waals surface area contributed by atoms with Gasteiger partial charge in [-0.1, -0.05) is 84.7 Å². The van der Waals surface area contributed by atoms with Crippen LogP contribution in [0.5, 0.6) is 0 Å². The first-order valence-electron chi connectivity index (χ1n) is 19.2. The second-order valence-corrected chi connectivity index (χ2v) is 15.8. The largest absolute Gasteiger partial charge is 0.481 e. The van der Waals surface area contributed by atoms with E-state index in [0.29, 0.717) is 30.8 Å². The zero-order chi connectivity index (χ0) is 39.2. The fraction of sp³-hybridized carbons (Fsp3) is 0.650. The van der Waals surface area contributed by atoms with E-state index in [1.54, 1.807) is 12.3 Å². The van der Waals surface area contributed by atoms with E-state index in [-0.39, 0.29) is 54.3 Å². The third-order valence-electron chi connectivity index (χ3n) is 10.3. The number of carboxylic acid groups (broad SMARTS) is 1. The lowest BCUT2D eigenvalue weighted by atomic mass is 9.92. The van der Waals surface area contributed by atoms with Crippen LogP contribution in [0.1, 0.15) is 121 Å². The number of aromatic nitrogens is 1. The van der Waals surface area contributed by atoms with Gasteiger partial charge in [0.2, 0.25) is 11.8 Å².